The molecule has 148 valence electrons. The van der Waals surface area contributed by atoms with Crippen LogP contribution in [0.15, 0.2) is 120 Å². The first-order valence-corrected chi connectivity index (χ1v) is 10.7. The zero-order valence-electron chi connectivity index (χ0n) is 17.1. The van der Waals surface area contributed by atoms with Gasteiger partial charge in [-0.25, -0.2) is 0 Å². The average Bonchev–Trinajstić information content (AvgIpc) is 3.30. The molecule has 0 radical (unpaired) electrons. The highest BCUT2D eigenvalue weighted by molar-refractivity contribution is 6.05. The van der Waals surface area contributed by atoms with E-state index in [1.807, 2.05) is 0 Å². The molecule has 0 spiro atoms. The van der Waals surface area contributed by atoms with Crippen LogP contribution in [0.5, 0.6) is 0 Å². The van der Waals surface area contributed by atoms with Gasteiger partial charge in [0.25, 0.3) is 0 Å². The Morgan fingerprint density at radius 2 is 1.19 bits per heavy atom. The third-order valence-corrected chi connectivity index (χ3v) is 6.17. The molecule has 1 atom stereocenters. The number of hydrogen-bond donors (Lipinski definition) is 0. The summed E-state index contributed by atoms with van der Waals surface area (Å²) in [6.45, 7) is 0. The van der Waals surface area contributed by atoms with Crippen LogP contribution in [0.3, 0.4) is 0 Å². The van der Waals surface area contributed by atoms with Crippen molar-refractivity contribution in [3.05, 3.63) is 126 Å². The molecule has 5 aromatic carbocycles. The highest BCUT2D eigenvalue weighted by atomic mass is 15.5. The second kappa shape index (κ2) is 7.41. The molecule has 1 heterocycles. The van der Waals surface area contributed by atoms with E-state index in [1.165, 1.54) is 32.7 Å². The highest BCUT2D eigenvalue weighted by Crippen LogP contribution is 2.37. The van der Waals surface area contributed by atoms with Crippen LogP contribution >= 0.6 is 0 Å². The van der Waals surface area contributed by atoms with Gasteiger partial charge in [-0.2, -0.15) is 5.10 Å². The standard InChI is InChI=1S/C29H22N2/c1-2-12-27(13-3-1)31-29(26-17-15-22-9-5-7-11-24(22)19-26)20-28(30-31)25-16-14-21-8-4-6-10-23(21)18-25/h1-19,29H,20H2. The molecule has 6 rings (SSSR count). The van der Waals surface area contributed by atoms with Crippen molar-refractivity contribution in [2.45, 2.75) is 12.5 Å². The molecule has 1 unspecified atom stereocenters. The molecule has 5 aromatic rings. The van der Waals surface area contributed by atoms with Gasteiger partial charge in [0, 0.05) is 6.42 Å². The van der Waals surface area contributed by atoms with E-state index in [-0.39, 0.29) is 6.04 Å². The van der Waals surface area contributed by atoms with Crippen molar-refractivity contribution in [3.8, 4) is 0 Å². The third kappa shape index (κ3) is 3.27. The number of rotatable bonds is 3. The molecule has 2 heteroatoms. The SMILES string of the molecule is c1ccc(N2N=C(c3ccc4ccccc4c3)CC2c2ccc3ccccc3c2)cc1. The van der Waals surface area contributed by atoms with Gasteiger partial charge in [-0.05, 0) is 56.9 Å². The quantitative estimate of drug-likeness (QED) is 0.310. The van der Waals surface area contributed by atoms with E-state index < -0.39 is 0 Å². The Kier molecular flexibility index (Phi) is 4.28. The molecule has 0 aliphatic carbocycles. The molecule has 1 aliphatic heterocycles. The van der Waals surface area contributed by atoms with Crippen molar-refractivity contribution in [2.75, 3.05) is 5.01 Å². The lowest BCUT2D eigenvalue weighted by atomic mass is 9.95. The van der Waals surface area contributed by atoms with Crippen molar-refractivity contribution >= 4 is 32.9 Å². The Morgan fingerprint density at radius 1 is 0.581 bits per heavy atom. The topological polar surface area (TPSA) is 15.6 Å². The van der Waals surface area contributed by atoms with Gasteiger partial charge in [0.1, 0.15) is 0 Å². The van der Waals surface area contributed by atoms with E-state index in [9.17, 15) is 0 Å². The maximum absolute atomic E-state index is 5.12. The first-order chi connectivity index (χ1) is 15.3. The van der Waals surface area contributed by atoms with Crippen molar-refractivity contribution in [2.24, 2.45) is 5.10 Å². The van der Waals surface area contributed by atoms with Crippen LogP contribution in [-0.2, 0) is 0 Å². The monoisotopic (exact) mass is 398 g/mol. The van der Waals surface area contributed by atoms with Gasteiger partial charge >= 0.3 is 0 Å². The van der Waals surface area contributed by atoms with E-state index in [4.69, 9.17) is 5.10 Å². The van der Waals surface area contributed by atoms with Crippen LogP contribution in [0.1, 0.15) is 23.6 Å². The van der Waals surface area contributed by atoms with Gasteiger partial charge in [-0.1, -0.05) is 91.0 Å². The maximum atomic E-state index is 5.12. The number of benzene rings is 5. The molecule has 0 saturated heterocycles. The first kappa shape index (κ1) is 17.9. The molecule has 31 heavy (non-hydrogen) atoms. The lowest BCUT2D eigenvalue weighted by Crippen LogP contribution is -2.18. The zero-order chi connectivity index (χ0) is 20.6. The molecule has 0 aromatic heterocycles. The van der Waals surface area contributed by atoms with E-state index in [0.29, 0.717) is 0 Å². The lowest BCUT2D eigenvalue weighted by Gasteiger charge is -2.24. The third-order valence-electron chi connectivity index (χ3n) is 6.17. The molecule has 0 bridgehead atoms. The van der Waals surface area contributed by atoms with Crippen LogP contribution in [0.25, 0.3) is 21.5 Å². The lowest BCUT2D eigenvalue weighted by molar-refractivity contribution is 0.710. The number of fused-ring (bicyclic) bond motifs is 2. The number of para-hydroxylation sites is 1. The normalized spacial score (nSPS) is 16.1. The molecule has 0 amide bonds. The summed E-state index contributed by atoms with van der Waals surface area (Å²) < 4.78 is 0. The van der Waals surface area contributed by atoms with Gasteiger partial charge in [0.2, 0.25) is 0 Å². The molecule has 0 N–H and O–H groups in total. The Morgan fingerprint density at radius 3 is 1.94 bits per heavy atom. The molecule has 1 aliphatic rings. The molecule has 0 saturated carbocycles. The Hall–Kier alpha value is -3.91. The molecular formula is C29H22N2. The summed E-state index contributed by atoms with van der Waals surface area (Å²) in [4.78, 5) is 0. The number of hydrazone groups is 1. The Balaban J connectivity index is 1.44. The highest BCUT2D eigenvalue weighted by Gasteiger charge is 2.30. The van der Waals surface area contributed by atoms with E-state index in [2.05, 4.69) is 120 Å². The van der Waals surface area contributed by atoms with Gasteiger partial charge in [0.05, 0.1) is 17.4 Å². The Bertz CT molecular complexity index is 1420. The van der Waals surface area contributed by atoms with Gasteiger partial charge in [-0.15, -0.1) is 0 Å². The van der Waals surface area contributed by atoms with E-state index in [1.54, 1.807) is 0 Å². The summed E-state index contributed by atoms with van der Waals surface area (Å²) in [5, 5.41) is 12.4. The number of hydrogen-bond acceptors (Lipinski definition) is 2. The minimum absolute atomic E-state index is 0.175. The first-order valence-electron chi connectivity index (χ1n) is 10.7. The molecular weight excluding hydrogens is 376 g/mol. The van der Waals surface area contributed by atoms with Crippen molar-refractivity contribution in [3.63, 3.8) is 0 Å². The maximum Gasteiger partial charge on any atom is 0.0832 e. The van der Waals surface area contributed by atoms with Crippen molar-refractivity contribution in [1.29, 1.82) is 0 Å². The fraction of sp³-hybridized carbons (Fsp3) is 0.0690. The molecule has 2 nitrogen and oxygen atoms in total. The van der Waals surface area contributed by atoms with Crippen LogP contribution in [0.4, 0.5) is 5.69 Å². The fourth-order valence-electron chi connectivity index (χ4n) is 4.55. The number of anilines is 1. The summed E-state index contributed by atoms with van der Waals surface area (Å²) in [5.41, 5.74) is 4.74. The fourth-order valence-corrected chi connectivity index (χ4v) is 4.55. The summed E-state index contributed by atoms with van der Waals surface area (Å²) in [6.07, 6.45) is 0.881. The van der Waals surface area contributed by atoms with Crippen LogP contribution in [0, 0.1) is 0 Å². The van der Waals surface area contributed by atoms with Crippen LogP contribution in [-0.4, -0.2) is 5.71 Å². The van der Waals surface area contributed by atoms with Crippen molar-refractivity contribution < 1.29 is 0 Å². The van der Waals surface area contributed by atoms with E-state index in [0.717, 1.165) is 17.8 Å². The minimum atomic E-state index is 0.175. The van der Waals surface area contributed by atoms with Gasteiger partial charge < -0.3 is 0 Å². The van der Waals surface area contributed by atoms with Crippen LogP contribution < -0.4 is 5.01 Å². The summed E-state index contributed by atoms with van der Waals surface area (Å²) in [5.74, 6) is 0. The smallest absolute Gasteiger partial charge is 0.0832 e. The van der Waals surface area contributed by atoms with E-state index >= 15 is 0 Å². The summed E-state index contributed by atoms with van der Waals surface area (Å²) >= 11 is 0. The number of nitrogens with zero attached hydrogens (tertiary/aromatic N) is 2. The largest absolute Gasteiger partial charge is 0.257 e. The zero-order valence-corrected chi connectivity index (χ0v) is 17.1. The summed E-state index contributed by atoms with van der Waals surface area (Å²) in [7, 11) is 0. The van der Waals surface area contributed by atoms with Crippen LogP contribution in [0.2, 0.25) is 0 Å². The van der Waals surface area contributed by atoms with Gasteiger partial charge in [-0.3, -0.25) is 5.01 Å². The van der Waals surface area contributed by atoms with Crippen molar-refractivity contribution in [1.82, 2.24) is 0 Å². The Labute approximate surface area is 182 Å². The van der Waals surface area contributed by atoms with Gasteiger partial charge in [0.15, 0.2) is 0 Å². The average molecular weight is 399 g/mol. The predicted octanol–water partition coefficient (Wildman–Crippen LogP) is 7.35. The second-order valence-corrected chi connectivity index (χ2v) is 8.12. The summed E-state index contributed by atoms with van der Waals surface area (Å²) in [6, 6.07) is 41.2. The predicted molar refractivity (Wildman–Crippen MR) is 131 cm³/mol. The second-order valence-electron chi connectivity index (χ2n) is 8.12. The molecule has 0 fully saturated rings. The minimum Gasteiger partial charge on any atom is -0.257 e.